The Morgan fingerprint density at radius 2 is 1.96 bits per heavy atom. The van der Waals surface area contributed by atoms with Gasteiger partial charge in [-0.05, 0) is 42.7 Å². The summed E-state index contributed by atoms with van der Waals surface area (Å²) in [6, 6.07) is 10.3. The molecule has 2 aromatic rings. The first-order valence-corrected chi connectivity index (χ1v) is 9.10. The van der Waals surface area contributed by atoms with Gasteiger partial charge in [0.15, 0.2) is 5.69 Å². The molecular weight excluding hydrogens is 329 g/mol. The van der Waals surface area contributed by atoms with Crippen molar-refractivity contribution >= 4 is 10.0 Å². The number of sulfonamides is 1. The maximum atomic E-state index is 13.2. The quantitative estimate of drug-likeness (QED) is 0.857. The number of rotatable bonds is 3. The summed E-state index contributed by atoms with van der Waals surface area (Å²) in [5.74, 6) is -0.358. The largest absolute Gasteiger partial charge is 0.246 e. The van der Waals surface area contributed by atoms with E-state index in [4.69, 9.17) is 5.26 Å². The molecule has 0 bridgehead atoms. The number of nitrogens with zero attached hydrogens (tertiary/aromatic N) is 3. The van der Waals surface area contributed by atoms with Gasteiger partial charge >= 0.3 is 0 Å². The summed E-state index contributed by atoms with van der Waals surface area (Å²) in [5.41, 5.74) is 0.642. The molecule has 1 saturated heterocycles. The minimum absolute atomic E-state index is 0.0819. The molecule has 0 unspecified atom stereocenters. The zero-order chi connectivity index (χ0) is 17.2. The predicted octanol–water partition coefficient (Wildman–Crippen LogP) is 3.01. The zero-order valence-electron chi connectivity index (χ0n) is 12.9. The molecule has 1 aliphatic heterocycles. The van der Waals surface area contributed by atoms with Crippen LogP contribution in [0.25, 0.3) is 0 Å². The summed E-state index contributed by atoms with van der Waals surface area (Å²) in [6.45, 7) is 0.365. The second-order valence-electron chi connectivity index (χ2n) is 5.64. The van der Waals surface area contributed by atoms with E-state index in [9.17, 15) is 12.8 Å². The summed E-state index contributed by atoms with van der Waals surface area (Å²) in [4.78, 5) is 3.77. The standard InChI is InChI=1S/C17H16FN3O2S/c18-14-8-6-13(7-9-14)16-4-1-2-11-21(16)24(22,23)17-5-3-10-20-15(17)12-19/h3,5-10,16H,1-2,4,11H2/t16-/m0/s1. The van der Waals surface area contributed by atoms with Crippen LogP contribution in [0.1, 0.15) is 36.6 Å². The summed E-state index contributed by atoms with van der Waals surface area (Å²) in [6.07, 6.45) is 3.70. The van der Waals surface area contributed by atoms with Gasteiger partial charge in [0.2, 0.25) is 10.0 Å². The third-order valence-electron chi connectivity index (χ3n) is 4.17. The van der Waals surface area contributed by atoms with Crippen molar-refractivity contribution in [3.05, 3.63) is 59.7 Å². The molecule has 3 rings (SSSR count). The van der Waals surface area contributed by atoms with Crippen LogP contribution < -0.4 is 0 Å². The monoisotopic (exact) mass is 345 g/mol. The van der Waals surface area contributed by atoms with E-state index in [1.165, 1.54) is 34.8 Å². The zero-order valence-corrected chi connectivity index (χ0v) is 13.7. The minimum atomic E-state index is -3.86. The van der Waals surface area contributed by atoms with Crippen LogP contribution in [0.3, 0.4) is 0 Å². The van der Waals surface area contributed by atoms with Crippen molar-refractivity contribution < 1.29 is 12.8 Å². The van der Waals surface area contributed by atoms with Gasteiger partial charge in [0.05, 0.1) is 6.04 Å². The number of pyridine rings is 1. The predicted molar refractivity (Wildman–Crippen MR) is 85.8 cm³/mol. The highest BCUT2D eigenvalue weighted by molar-refractivity contribution is 7.89. The van der Waals surface area contributed by atoms with Gasteiger partial charge in [0, 0.05) is 12.7 Å². The topological polar surface area (TPSA) is 74.1 Å². The Morgan fingerprint density at radius 3 is 2.67 bits per heavy atom. The van der Waals surface area contributed by atoms with Gasteiger partial charge in [0.1, 0.15) is 16.8 Å². The van der Waals surface area contributed by atoms with Crippen LogP contribution in [-0.2, 0) is 10.0 Å². The summed E-state index contributed by atoms with van der Waals surface area (Å²) >= 11 is 0. The van der Waals surface area contributed by atoms with Gasteiger partial charge < -0.3 is 0 Å². The van der Waals surface area contributed by atoms with Crippen LogP contribution in [0.5, 0.6) is 0 Å². The van der Waals surface area contributed by atoms with Gasteiger partial charge in [0.25, 0.3) is 0 Å². The van der Waals surface area contributed by atoms with Crippen LogP contribution in [0.15, 0.2) is 47.5 Å². The Kier molecular flexibility index (Phi) is 4.60. The molecule has 24 heavy (non-hydrogen) atoms. The summed E-state index contributed by atoms with van der Waals surface area (Å²) in [5, 5.41) is 9.16. The van der Waals surface area contributed by atoms with Gasteiger partial charge in [-0.2, -0.15) is 9.57 Å². The molecule has 1 aromatic heterocycles. The van der Waals surface area contributed by atoms with E-state index in [0.717, 1.165) is 18.4 Å². The SMILES string of the molecule is N#Cc1ncccc1S(=O)(=O)N1CCCC[C@H]1c1ccc(F)cc1. The molecule has 1 fully saturated rings. The number of halogens is 1. The normalized spacial score (nSPS) is 18.9. The fourth-order valence-corrected chi connectivity index (χ4v) is 4.80. The number of nitriles is 1. The third kappa shape index (κ3) is 3.03. The molecule has 0 radical (unpaired) electrons. The number of hydrogen-bond acceptors (Lipinski definition) is 4. The third-order valence-corrected chi connectivity index (χ3v) is 6.11. The Morgan fingerprint density at radius 1 is 1.21 bits per heavy atom. The maximum Gasteiger partial charge on any atom is 0.246 e. The highest BCUT2D eigenvalue weighted by Gasteiger charge is 2.35. The van der Waals surface area contributed by atoms with Gasteiger partial charge in [-0.15, -0.1) is 0 Å². The summed E-state index contributed by atoms with van der Waals surface area (Å²) in [7, 11) is -3.86. The van der Waals surface area contributed by atoms with E-state index in [1.807, 2.05) is 6.07 Å². The average molecular weight is 345 g/mol. The van der Waals surface area contributed by atoms with Crippen LogP contribution in [0, 0.1) is 17.1 Å². The first-order chi connectivity index (χ1) is 11.5. The molecule has 0 N–H and O–H groups in total. The molecule has 0 aliphatic carbocycles. The number of benzene rings is 1. The highest BCUT2D eigenvalue weighted by atomic mass is 32.2. The van der Waals surface area contributed by atoms with Crippen molar-refractivity contribution in [2.75, 3.05) is 6.54 Å². The molecule has 0 saturated carbocycles. The van der Waals surface area contributed by atoms with E-state index in [-0.39, 0.29) is 22.4 Å². The van der Waals surface area contributed by atoms with Crippen molar-refractivity contribution in [2.24, 2.45) is 0 Å². The van der Waals surface area contributed by atoms with E-state index in [2.05, 4.69) is 4.98 Å². The van der Waals surface area contributed by atoms with Crippen LogP contribution in [-0.4, -0.2) is 24.3 Å². The maximum absolute atomic E-state index is 13.2. The Bertz CT molecular complexity index is 875. The van der Waals surface area contributed by atoms with E-state index in [0.29, 0.717) is 13.0 Å². The highest BCUT2D eigenvalue weighted by Crippen LogP contribution is 2.35. The van der Waals surface area contributed by atoms with Crippen molar-refractivity contribution in [3.8, 4) is 6.07 Å². The van der Waals surface area contributed by atoms with Crippen molar-refractivity contribution in [1.29, 1.82) is 5.26 Å². The molecule has 5 nitrogen and oxygen atoms in total. The lowest BCUT2D eigenvalue weighted by atomic mass is 9.97. The Hall–Kier alpha value is -2.30. The summed E-state index contributed by atoms with van der Waals surface area (Å²) < 4.78 is 40.7. The number of piperidine rings is 1. The molecule has 7 heteroatoms. The fourth-order valence-electron chi connectivity index (χ4n) is 3.02. The Labute approximate surface area is 140 Å². The molecule has 0 amide bonds. The van der Waals surface area contributed by atoms with Crippen LogP contribution in [0.4, 0.5) is 4.39 Å². The van der Waals surface area contributed by atoms with E-state index in [1.54, 1.807) is 12.1 Å². The van der Waals surface area contributed by atoms with Crippen molar-refractivity contribution in [2.45, 2.75) is 30.2 Å². The first kappa shape index (κ1) is 16.6. The van der Waals surface area contributed by atoms with Gasteiger partial charge in [-0.1, -0.05) is 18.6 Å². The molecular formula is C17H16FN3O2S. The lowest BCUT2D eigenvalue weighted by Gasteiger charge is -2.35. The van der Waals surface area contributed by atoms with Crippen LogP contribution >= 0.6 is 0 Å². The molecule has 124 valence electrons. The fraction of sp³-hybridized carbons (Fsp3) is 0.294. The van der Waals surface area contributed by atoms with Gasteiger partial charge in [-0.3, -0.25) is 0 Å². The number of aromatic nitrogens is 1. The Balaban J connectivity index is 2.04. The lowest BCUT2D eigenvalue weighted by Crippen LogP contribution is -2.38. The second kappa shape index (κ2) is 6.67. The number of hydrogen-bond donors (Lipinski definition) is 0. The second-order valence-corrected chi connectivity index (χ2v) is 7.50. The average Bonchev–Trinajstić information content (AvgIpc) is 2.62. The van der Waals surface area contributed by atoms with E-state index >= 15 is 0 Å². The van der Waals surface area contributed by atoms with Gasteiger partial charge in [-0.25, -0.2) is 17.8 Å². The van der Waals surface area contributed by atoms with Crippen molar-refractivity contribution in [3.63, 3.8) is 0 Å². The molecule has 1 aliphatic rings. The van der Waals surface area contributed by atoms with Crippen molar-refractivity contribution in [1.82, 2.24) is 9.29 Å². The first-order valence-electron chi connectivity index (χ1n) is 7.66. The smallest absolute Gasteiger partial charge is 0.244 e. The molecule has 1 aromatic carbocycles. The molecule has 1 atom stereocenters. The lowest BCUT2D eigenvalue weighted by molar-refractivity contribution is 0.255. The molecule has 0 spiro atoms. The van der Waals surface area contributed by atoms with E-state index < -0.39 is 10.0 Å². The minimum Gasteiger partial charge on any atom is -0.244 e. The molecule has 2 heterocycles. The van der Waals surface area contributed by atoms with Crippen LogP contribution in [0.2, 0.25) is 0 Å².